The molecule has 2 aliphatic rings. The van der Waals surface area contributed by atoms with Crippen LogP contribution in [0.5, 0.6) is 0 Å². The molecule has 0 saturated carbocycles. The largest absolute Gasteiger partial charge is 0.367 e. The number of aromatic amines is 1. The quantitative estimate of drug-likeness (QED) is 0.657. The number of hydrogen-bond donors (Lipinski definition) is 1. The standard InChI is InChI=1S/C23H23F2N3O2S/c1-15-12-17(31(29,30)28-9-3-10-28)6-7-22(15)27-11-8-20-16(14-27)13-21(26-20)23-18(24)4-2-5-19(23)25/h2,4-7,12-13,26H,3,8-11,14H2,1H3. The van der Waals surface area contributed by atoms with Gasteiger partial charge in [-0.1, -0.05) is 6.07 Å². The van der Waals surface area contributed by atoms with E-state index in [1.54, 1.807) is 18.2 Å². The van der Waals surface area contributed by atoms with Crippen LogP contribution >= 0.6 is 0 Å². The van der Waals surface area contributed by atoms with E-state index in [0.29, 0.717) is 36.6 Å². The summed E-state index contributed by atoms with van der Waals surface area (Å²) in [5.74, 6) is -1.18. The summed E-state index contributed by atoms with van der Waals surface area (Å²) in [5, 5.41) is 0. The first-order chi connectivity index (χ1) is 14.8. The lowest BCUT2D eigenvalue weighted by Gasteiger charge is -2.32. The van der Waals surface area contributed by atoms with E-state index in [-0.39, 0.29) is 5.56 Å². The van der Waals surface area contributed by atoms with Gasteiger partial charge in [-0.3, -0.25) is 0 Å². The molecular formula is C23H23F2N3O2S. The molecule has 8 heteroatoms. The van der Waals surface area contributed by atoms with Crippen molar-refractivity contribution in [3.8, 4) is 11.3 Å². The normalized spacial score (nSPS) is 16.8. The van der Waals surface area contributed by atoms with Gasteiger partial charge in [0.15, 0.2) is 0 Å². The zero-order valence-electron chi connectivity index (χ0n) is 17.2. The second-order valence-corrected chi connectivity index (χ2v) is 10.1. The summed E-state index contributed by atoms with van der Waals surface area (Å²) < 4.78 is 55.2. The molecule has 162 valence electrons. The van der Waals surface area contributed by atoms with Crippen LogP contribution < -0.4 is 4.90 Å². The van der Waals surface area contributed by atoms with Crippen molar-refractivity contribution in [2.75, 3.05) is 24.5 Å². The molecule has 0 amide bonds. The fourth-order valence-corrected chi connectivity index (χ4v) is 5.95. The van der Waals surface area contributed by atoms with Crippen LogP contribution in [0.25, 0.3) is 11.3 Å². The molecule has 31 heavy (non-hydrogen) atoms. The van der Waals surface area contributed by atoms with Gasteiger partial charge in [0, 0.05) is 44.0 Å². The van der Waals surface area contributed by atoms with E-state index in [9.17, 15) is 17.2 Å². The maximum Gasteiger partial charge on any atom is 0.243 e. The molecule has 2 aromatic carbocycles. The maximum atomic E-state index is 14.2. The molecule has 5 nitrogen and oxygen atoms in total. The molecule has 0 bridgehead atoms. The highest BCUT2D eigenvalue weighted by molar-refractivity contribution is 7.89. The Kier molecular flexibility index (Phi) is 4.86. The van der Waals surface area contributed by atoms with Gasteiger partial charge < -0.3 is 9.88 Å². The summed E-state index contributed by atoms with van der Waals surface area (Å²) >= 11 is 0. The average Bonchev–Trinajstić information content (AvgIpc) is 3.08. The Hall–Kier alpha value is -2.71. The van der Waals surface area contributed by atoms with Gasteiger partial charge in [0.05, 0.1) is 16.2 Å². The van der Waals surface area contributed by atoms with E-state index < -0.39 is 21.7 Å². The lowest BCUT2D eigenvalue weighted by atomic mass is 10.0. The third-order valence-electron chi connectivity index (χ3n) is 6.18. The minimum Gasteiger partial charge on any atom is -0.367 e. The molecule has 0 aliphatic carbocycles. The summed E-state index contributed by atoms with van der Waals surface area (Å²) in [6.45, 7) is 4.39. The van der Waals surface area contributed by atoms with Gasteiger partial charge >= 0.3 is 0 Å². The number of anilines is 1. The topological polar surface area (TPSA) is 56.4 Å². The first-order valence-corrected chi connectivity index (χ1v) is 11.8. The van der Waals surface area contributed by atoms with Crippen molar-refractivity contribution >= 4 is 15.7 Å². The average molecular weight is 444 g/mol. The van der Waals surface area contributed by atoms with Crippen LogP contribution in [-0.2, 0) is 23.0 Å². The Morgan fingerprint density at radius 1 is 1.00 bits per heavy atom. The summed E-state index contributed by atoms with van der Waals surface area (Å²) in [6.07, 6.45) is 1.61. The Bertz CT molecular complexity index is 1250. The highest BCUT2D eigenvalue weighted by atomic mass is 32.2. The molecule has 1 aromatic heterocycles. The van der Waals surface area contributed by atoms with Crippen LogP contribution in [0.1, 0.15) is 23.2 Å². The van der Waals surface area contributed by atoms with Crippen molar-refractivity contribution in [2.24, 2.45) is 0 Å². The lowest BCUT2D eigenvalue weighted by Crippen LogP contribution is -2.41. The third-order valence-corrected chi connectivity index (χ3v) is 8.07. The number of hydrogen-bond acceptors (Lipinski definition) is 3. The first kappa shape index (κ1) is 20.2. The summed E-state index contributed by atoms with van der Waals surface area (Å²) in [7, 11) is -3.42. The summed E-state index contributed by atoms with van der Waals surface area (Å²) in [5.41, 5.74) is 4.22. The number of benzene rings is 2. The molecule has 0 radical (unpaired) electrons. The number of aromatic nitrogens is 1. The molecule has 2 aliphatic heterocycles. The monoisotopic (exact) mass is 443 g/mol. The van der Waals surface area contributed by atoms with Crippen molar-refractivity contribution in [1.82, 2.24) is 9.29 Å². The number of nitrogens with zero attached hydrogens (tertiary/aromatic N) is 2. The summed E-state index contributed by atoms with van der Waals surface area (Å²) in [4.78, 5) is 5.68. The van der Waals surface area contributed by atoms with E-state index in [1.807, 2.05) is 13.0 Å². The number of aryl methyl sites for hydroxylation is 1. The smallest absolute Gasteiger partial charge is 0.243 e. The molecule has 1 N–H and O–H groups in total. The van der Waals surface area contributed by atoms with Crippen LogP contribution in [-0.4, -0.2) is 37.3 Å². The van der Waals surface area contributed by atoms with Gasteiger partial charge in [-0.2, -0.15) is 4.31 Å². The molecule has 3 aromatic rings. The van der Waals surface area contributed by atoms with E-state index in [0.717, 1.165) is 35.5 Å². The zero-order valence-corrected chi connectivity index (χ0v) is 18.0. The molecule has 3 heterocycles. The molecule has 0 atom stereocenters. The Labute approximate surface area is 180 Å². The van der Waals surface area contributed by atoms with Crippen LogP contribution in [0, 0.1) is 18.6 Å². The third kappa shape index (κ3) is 3.43. The van der Waals surface area contributed by atoms with Crippen LogP contribution in [0.15, 0.2) is 47.4 Å². The summed E-state index contributed by atoms with van der Waals surface area (Å²) in [6, 6.07) is 10.9. The number of rotatable bonds is 4. The van der Waals surface area contributed by atoms with Crippen molar-refractivity contribution in [2.45, 2.75) is 31.2 Å². The molecule has 0 spiro atoms. The maximum absolute atomic E-state index is 14.2. The molecular weight excluding hydrogens is 420 g/mol. The molecule has 0 unspecified atom stereocenters. The Balaban J connectivity index is 1.42. The van der Waals surface area contributed by atoms with E-state index >= 15 is 0 Å². The number of nitrogens with one attached hydrogen (secondary N) is 1. The number of fused-ring (bicyclic) bond motifs is 1. The number of sulfonamides is 1. The fourth-order valence-electron chi connectivity index (χ4n) is 4.35. The lowest BCUT2D eigenvalue weighted by molar-refractivity contribution is 0.309. The minimum atomic E-state index is -3.42. The molecule has 1 fully saturated rings. The predicted molar refractivity (Wildman–Crippen MR) is 115 cm³/mol. The highest BCUT2D eigenvalue weighted by Gasteiger charge is 2.30. The Morgan fingerprint density at radius 2 is 1.74 bits per heavy atom. The van der Waals surface area contributed by atoms with Crippen molar-refractivity contribution < 1.29 is 17.2 Å². The van der Waals surface area contributed by atoms with Crippen LogP contribution in [0.2, 0.25) is 0 Å². The van der Waals surface area contributed by atoms with Crippen molar-refractivity contribution in [1.29, 1.82) is 0 Å². The van der Waals surface area contributed by atoms with Crippen LogP contribution in [0.3, 0.4) is 0 Å². The van der Waals surface area contributed by atoms with Gasteiger partial charge in [0.25, 0.3) is 0 Å². The predicted octanol–water partition coefficient (Wildman–Crippen LogP) is 4.23. The van der Waals surface area contributed by atoms with E-state index in [4.69, 9.17) is 0 Å². The highest BCUT2D eigenvalue weighted by Crippen LogP contribution is 2.33. The zero-order chi connectivity index (χ0) is 21.8. The SMILES string of the molecule is Cc1cc(S(=O)(=O)N2CCC2)ccc1N1CCc2[nH]c(-c3c(F)cccc3F)cc2C1. The van der Waals surface area contributed by atoms with Gasteiger partial charge in [0.1, 0.15) is 11.6 Å². The minimum absolute atomic E-state index is 0.0415. The van der Waals surface area contributed by atoms with E-state index in [2.05, 4.69) is 9.88 Å². The van der Waals surface area contributed by atoms with Crippen molar-refractivity contribution in [3.63, 3.8) is 0 Å². The van der Waals surface area contributed by atoms with Crippen molar-refractivity contribution in [3.05, 3.63) is 70.9 Å². The number of halogens is 2. The van der Waals surface area contributed by atoms with Crippen LogP contribution in [0.4, 0.5) is 14.5 Å². The van der Waals surface area contributed by atoms with Gasteiger partial charge in [0.2, 0.25) is 10.0 Å². The number of H-pyrrole nitrogens is 1. The molecule has 1 saturated heterocycles. The first-order valence-electron chi connectivity index (χ1n) is 10.4. The van der Waals surface area contributed by atoms with Gasteiger partial charge in [-0.15, -0.1) is 0 Å². The molecule has 5 rings (SSSR count). The fraction of sp³-hybridized carbons (Fsp3) is 0.304. The van der Waals surface area contributed by atoms with Gasteiger partial charge in [-0.25, -0.2) is 17.2 Å². The second kappa shape index (κ2) is 7.46. The van der Waals surface area contributed by atoms with Gasteiger partial charge in [-0.05, 0) is 60.9 Å². The van der Waals surface area contributed by atoms with E-state index in [1.165, 1.54) is 22.5 Å². The Morgan fingerprint density at radius 3 is 2.39 bits per heavy atom. The second-order valence-electron chi connectivity index (χ2n) is 8.16.